The molecule has 0 radical (unpaired) electrons. The van der Waals surface area contributed by atoms with Gasteiger partial charge in [0, 0.05) is 5.02 Å². The minimum atomic E-state index is -1.12. The minimum Gasteiger partial charge on any atom is -0.478 e. The number of amides is 1. The molecular weight excluding hydrogens is 346 g/mol. The van der Waals surface area contributed by atoms with E-state index in [2.05, 4.69) is 5.32 Å². The summed E-state index contributed by atoms with van der Waals surface area (Å²) in [5, 5.41) is 12.2. The summed E-state index contributed by atoms with van der Waals surface area (Å²) in [4.78, 5) is 23.2. The van der Waals surface area contributed by atoms with Crippen molar-refractivity contribution in [2.24, 2.45) is 0 Å². The fourth-order valence-corrected chi connectivity index (χ4v) is 2.02. The van der Waals surface area contributed by atoms with Crippen molar-refractivity contribution in [1.82, 2.24) is 0 Å². The standard InChI is InChI=1S/C18H18ClNO5/c1-18(2,3)25-17(23)20-14-10-11(16(21)22)4-9-15(14)24-13-7-5-12(19)6-8-13/h4-10H,1-3H3,(H,20,23)(H,21,22). The van der Waals surface area contributed by atoms with E-state index in [4.69, 9.17) is 26.2 Å². The third kappa shape index (κ3) is 5.69. The smallest absolute Gasteiger partial charge is 0.412 e. The first-order chi connectivity index (χ1) is 11.6. The van der Waals surface area contributed by atoms with Crippen molar-refractivity contribution in [1.29, 1.82) is 0 Å². The number of aromatic carboxylic acids is 1. The van der Waals surface area contributed by atoms with Gasteiger partial charge in [-0.1, -0.05) is 11.6 Å². The monoisotopic (exact) mass is 363 g/mol. The Kier molecular flexibility index (Phi) is 5.54. The van der Waals surface area contributed by atoms with Gasteiger partial charge in [0.25, 0.3) is 0 Å². The molecule has 2 N–H and O–H groups in total. The predicted octanol–water partition coefficient (Wildman–Crippen LogP) is 5.18. The molecule has 0 atom stereocenters. The maximum atomic E-state index is 12.0. The zero-order valence-corrected chi connectivity index (χ0v) is 14.8. The lowest BCUT2D eigenvalue weighted by Gasteiger charge is -2.20. The van der Waals surface area contributed by atoms with Gasteiger partial charge in [0.05, 0.1) is 11.3 Å². The van der Waals surface area contributed by atoms with Gasteiger partial charge in [0.2, 0.25) is 0 Å². The number of carbonyl (C=O) groups is 2. The average molecular weight is 364 g/mol. The zero-order chi connectivity index (χ0) is 18.6. The number of carboxylic acids is 1. The number of carbonyl (C=O) groups excluding carboxylic acids is 1. The second-order valence-electron chi connectivity index (χ2n) is 6.20. The summed E-state index contributed by atoms with van der Waals surface area (Å²) in [6, 6.07) is 10.8. The summed E-state index contributed by atoms with van der Waals surface area (Å²) in [5.41, 5.74) is -0.496. The van der Waals surface area contributed by atoms with Crippen LogP contribution >= 0.6 is 11.6 Å². The number of anilines is 1. The van der Waals surface area contributed by atoms with Gasteiger partial charge in [0.15, 0.2) is 5.75 Å². The lowest BCUT2D eigenvalue weighted by atomic mass is 10.2. The van der Waals surface area contributed by atoms with Crippen LogP contribution < -0.4 is 10.1 Å². The summed E-state index contributed by atoms with van der Waals surface area (Å²) >= 11 is 5.84. The third-order valence-corrected chi connectivity index (χ3v) is 3.16. The van der Waals surface area contributed by atoms with Crippen molar-refractivity contribution in [3.63, 3.8) is 0 Å². The van der Waals surface area contributed by atoms with Crippen molar-refractivity contribution < 1.29 is 24.2 Å². The number of halogens is 1. The molecule has 25 heavy (non-hydrogen) atoms. The Hall–Kier alpha value is -2.73. The molecular formula is C18H18ClNO5. The molecule has 0 aliphatic rings. The topological polar surface area (TPSA) is 84.9 Å². The molecule has 6 nitrogen and oxygen atoms in total. The minimum absolute atomic E-state index is 0.00881. The van der Waals surface area contributed by atoms with Crippen LogP contribution in [0.2, 0.25) is 5.02 Å². The van der Waals surface area contributed by atoms with Gasteiger partial charge in [-0.2, -0.15) is 0 Å². The SMILES string of the molecule is CC(C)(C)OC(=O)Nc1cc(C(=O)O)ccc1Oc1ccc(Cl)cc1. The van der Waals surface area contributed by atoms with Crippen LogP contribution in [-0.2, 0) is 4.74 Å². The van der Waals surface area contributed by atoms with Crippen molar-refractivity contribution in [3.05, 3.63) is 53.1 Å². The summed E-state index contributed by atoms with van der Waals surface area (Å²) in [7, 11) is 0. The van der Waals surface area contributed by atoms with Crippen molar-refractivity contribution in [2.45, 2.75) is 26.4 Å². The molecule has 132 valence electrons. The highest BCUT2D eigenvalue weighted by molar-refractivity contribution is 6.30. The summed E-state index contributed by atoms with van der Waals surface area (Å²) in [6.07, 6.45) is -0.712. The molecule has 2 rings (SSSR count). The van der Waals surface area contributed by atoms with Crippen LogP contribution in [0.1, 0.15) is 31.1 Å². The maximum Gasteiger partial charge on any atom is 0.412 e. The summed E-state index contributed by atoms with van der Waals surface area (Å²) in [6.45, 7) is 5.18. The van der Waals surface area contributed by atoms with Gasteiger partial charge >= 0.3 is 12.1 Å². The van der Waals surface area contributed by atoms with E-state index < -0.39 is 17.7 Å². The molecule has 0 aromatic heterocycles. The van der Waals surface area contributed by atoms with Crippen LogP contribution in [-0.4, -0.2) is 22.8 Å². The second kappa shape index (κ2) is 7.44. The van der Waals surface area contributed by atoms with Gasteiger partial charge in [-0.15, -0.1) is 0 Å². The van der Waals surface area contributed by atoms with E-state index in [0.717, 1.165) is 0 Å². The Labute approximate surface area is 150 Å². The van der Waals surface area contributed by atoms with Crippen LogP contribution in [0.5, 0.6) is 11.5 Å². The Bertz CT molecular complexity index is 781. The van der Waals surface area contributed by atoms with Crippen LogP contribution in [0.25, 0.3) is 0 Å². The first-order valence-corrected chi connectivity index (χ1v) is 7.82. The summed E-state index contributed by atoms with van der Waals surface area (Å²) in [5.74, 6) is -0.358. The van der Waals surface area contributed by atoms with Crippen LogP contribution in [0, 0.1) is 0 Å². The van der Waals surface area contributed by atoms with E-state index in [-0.39, 0.29) is 17.0 Å². The van der Waals surface area contributed by atoms with Crippen molar-refractivity contribution in [3.8, 4) is 11.5 Å². The molecule has 0 aliphatic carbocycles. The van der Waals surface area contributed by atoms with E-state index in [1.165, 1.54) is 18.2 Å². The molecule has 1 amide bonds. The largest absolute Gasteiger partial charge is 0.478 e. The van der Waals surface area contributed by atoms with Crippen LogP contribution in [0.15, 0.2) is 42.5 Å². The third-order valence-electron chi connectivity index (χ3n) is 2.90. The van der Waals surface area contributed by atoms with E-state index in [1.807, 2.05) is 0 Å². The van der Waals surface area contributed by atoms with E-state index in [9.17, 15) is 9.59 Å². The van der Waals surface area contributed by atoms with Gasteiger partial charge in [-0.3, -0.25) is 5.32 Å². The molecule has 0 aliphatic heterocycles. The first-order valence-electron chi connectivity index (χ1n) is 7.45. The number of nitrogens with one attached hydrogen (secondary N) is 1. The van der Waals surface area contributed by atoms with Crippen LogP contribution in [0.4, 0.5) is 10.5 Å². The fourth-order valence-electron chi connectivity index (χ4n) is 1.89. The Morgan fingerprint density at radius 2 is 1.72 bits per heavy atom. The highest BCUT2D eigenvalue weighted by Crippen LogP contribution is 2.31. The molecule has 0 saturated carbocycles. The van der Waals surface area contributed by atoms with Gasteiger partial charge in [-0.25, -0.2) is 9.59 Å². The predicted molar refractivity (Wildman–Crippen MR) is 94.8 cm³/mol. The van der Waals surface area contributed by atoms with Crippen molar-refractivity contribution >= 4 is 29.4 Å². The molecule has 0 unspecified atom stereocenters. The van der Waals surface area contributed by atoms with E-state index >= 15 is 0 Å². The molecule has 0 fully saturated rings. The lowest BCUT2D eigenvalue weighted by molar-refractivity contribution is 0.0632. The maximum absolute atomic E-state index is 12.0. The normalized spacial score (nSPS) is 10.9. The summed E-state index contributed by atoms with van der Waals surface area (Å²) < 4.78 is 10.9. The zero-order valence-electron chi connectivity index (χ0n) is 14.0. The Morgan fingerprint density at radius 1 is 1.08 bits per heavy atom. The van der Waals surface area contributed by atoms with Crippen molar-refractivity contribution in [2.75, 3.05) is 5.32 Å². The quantitative estimate of drug-likeness (QED) is 0.782. The van der Waals surface area contributed by atoms with Gasteiger partial charge in [0.1, 0.15) is 11.4 Å². The highest BCUT2D eigenvalue weighted by atomic mass is 35.5. The Morgan fingerprint density at radius 3 is 2.28 bits per heavy atom. The number of hydrogen-bond acceptors (Lipinski definition) is 4. The number of hydrogen-bond donors (Lipinski definition) is 2. The molecule has 0 saturated heterocycles. The number of carboxylic acid groups (broad SMARTS) is 1. The van der Waals surface area contributed by atoms with E-state index in [0.29, 0.717) is 10.8 Å². The van der Waals surface area contributed by atoms with Gasteiger partial charge < -0.3 is 14.6 Å². The molecule has 2 aromatic rings. The average Bonchev–Trinajstić information content (AvgIpc) is 2.49. The molecule has 7 heteroatoms. The fraction of sp³-hybridized carbons (Fsp3) is 0.222. The lowest BCUT2D eigenvalue weighted by Crippen LogP contribution is -2.27. The van der Waals surface area contributed by atoms with Crippen LogP contribution in [0.3, 0.4) is 0 Å². The number of ether oxygens (including phenoxy) is 2. The number of rotatable bonds is 4. The molecule has 2 aromatic carbocycles. The Balaban J connectivity index is 2.30. The van der Waals surface area contributed by atoms with Gasteiger partial charge in [-0.05, 0) is 63.2 Å². The molecule has 0 bridgehead atoms. The highest BCUT2D eigenvalue weighted by Gasteiger charge is 2.19. The second-order valence-corrected chi connectivity index (χ2v) is 6.64. The first kappa shape index (κ1) is 18.6. The molecule has 0 heterocycles. The van der Waals surface area contributed by atoms with E-state index in [1.54, 1.807) is 45.0 Å². The molecule has 0 spiro atoms. The number of benzene rings is 2.